The van der Waals surface area contributed by atoms with Crippen LogP contribution in [0, 0.1) is 0 Å². The number of alkyl halides is 3. The fourth-order valence-electron chi connectivity index (χ4n) is 4.06. The summed E-state index contributed by atoms with van der Waals surface area (Å²) in [5.74, 6) is -0.804. The van der Waals surface area contributed by atoms with Crippen molar-refractivity contribution in [2.75, 3.05) is 0 Å². The quantitative estimate of drug-likeness (QED) is 0.515. The molecule has 32 heavy (non-hydrogen) atoms. The lowest BCUT2D eigenvalue weighted by molar-refractivity contribution is -0.182. The van der Waals surface area contributed by atoms with Gasteiger partial charge in [0.15, 0.2) is 6.04 Å². The van der Waals surface area contributed by atoms with Crippen LogP contribution in [0.25, 0.3) is 10.6 Å². The number of rotatable bonds is 5. The number of carbonyl (C=O) groups is 2. The Morgan fingerprint density at radius 2 is 1.59 bits per heavy atom. The Hall–Kier alpha value is -3.27. The first-order valence-corrected chi connectivity index (χ1v) is 10.8. The van der Waals surface area contributed by atoms with Gasteiger partial charge in [-0.25, -0.2) is 9.69 Å². The van der Waals surface area contributed by atoms with Gasteiger partial charge in [-0.15, -0.1) is 10.2 Å². The largest absolute Gasteiger partial charge is 0.413 e. The molecule has 1 saturated heterocycles. The first-order valence-electron chi connectivity index (χ1n) is 9.96. The molecule has 1 saturated carbocycles. The monoisotopic (exact) mass is 458 g/mol. The summed E-state index contributed by atoms with van der Waals surface area (Å²) in [6.45, 7) is -0.0645. The standard InChI is InChI=1S/C22H17F3N4O2S/c23-22(24,25)17(14-7-3-1-4-8-14)29-19(30)21(11-12-21)28(20(29)31)13-16-26-27-18(32-16)15-9-5-2-6-10-15/h1-10,17H,11-13H2. The van der Waals surface area contributed by atoms with Gasteiger partial charge in [0.05, 0.1) is 6.54 Å². The molecule has 2 fully saturated rings. The highest BCUT2D eigenvalue weighted by atomic mass is 32.1. The van der Waals surface area contributed by atoms with Crippen LogP contribution in [0.1, 0.15) is 29.5 Å². The van der Waals surface area contributed by atoms with Gasteiger partial charge in [-0.1, -0.05) is 72.0 Å². The molecule has 0 bridgehead atoms. The minimum absolute atomic E-state index is 0.0645. The Morgan fingerprint density at radius 1 is 0.969 bits per heavy atom. The van der Waals surface area contributed by atoms with Crippen LogP contribution < -0.4 is 0 Å². The molecule has 3 amide bonds. The number of carbonyl (C=O) groups excluding carboxylic acids is 2. The maximum atomic E-state index is 14.0. The number of nitrogens with zero attached hydrogens (tertiary/aromatic N) is 4. The van der Waals surface area contributed by atoms with E-state index in [9.17, 15) is 22.8 Å². The van der Waals surface area contributed by atoms with E-state index < -0.39 is 29.7 Å². The van der Waals surface area contributed by atoms with E-state index in [0.29, 0.717) is 27.8 Å². The lowest BCUT2D eigenvalue weighted by Gasteiger charge is -2.28. The SMILES string of the molecule is O=C1N(C(c2ccccc2)C(F)(F)F)C(=O)C2(CC2)N1Cc1nnc(-c2ccccc2)s1. The van der Waals surface area contributed by atoms with Gasteiger partial charge in [-0.2, -0.15) is 13.2 Å². The molecule has 1 aliphatic heterocycles. The molecule has 0 N–H and O–H groups in total. The number of aromatic nitrogens is 2. The van der Waals surface area contributed by atoms with Crippen molar-refractivity contribution < 1.29 is 22.8 Å². The van der Waals surface area contributed by atoms with Gasteiger partial charge in [-0.05, 0) is 18.4 Å². The zero-order valence-corrected chi connectivity index (χ0v) is 17.4. The van der Waals surface area contributed by atoms with Crippen LogP contribution in [0.2, 0.25) is 0 Å². The summed E-state index contributed by atoms with van der Waals surface area (Å²) in [6, 6.07) is 13.1. The molecule has 2 heterocycles. The predicted octanol–water partition coefficient (Wildman–Crippen LogP) is 4.81. The van der Waals surface area contributed by atoms with Crippen LogP contribution in [0.3, 0.4) is 0 Å². The summed E-state index contributed by atoms with van der Waals surface area (Å²) in [4.78, 5) is 27.9. The summed E-state index contributed by atoms with van der Waals surface area (Å²) in [7, 11) is 0. The van der Waals surface area contributed by atoms with Crippen molar-refractivity contribution in [3.63, 3.8) is 0 Å². The van der Waals surface area contributed by atoms with E-state index >= 15 is 0 Å². The smallest absolute Gasteiger partial charge is 0.303 e. The second kappa shape index (κ2) is 7.40. The zero-order valence-electron chi connectivity index (χ0n) is 16.6. The number of hydrogen-bond donors (Lipinski definition) is 0. The molecule has 10 heteroatoms. The number of hydrogen-bond acceptors (Lipinski definition) is 5. The van der Waals surface area contributed by atoms with Crippen molar-refractivity contribution in [2.24, 2.45) is 0 Å². The molecule has 6 nitrogen and oxygen atoms in total. The van der Waals surface area contributed by atoms with Crippen molar-refractivity contribution >= 4 is 23.3 Å². The van der Waals surface area contributed by atoms with Gasteiger partial charge in [0, 0.05) is 5.56 Å². The van der Waals surface area contributed by atoms with E-state index in [0.717, 1.165) is 5.56 Å². The number of benzene rings is 2. The van der Waals surface area contributed by atoms with Gasteiger partial charge in [0.2, 0.25) is 0 Å². The van der Waals surface area contributed by atoms with Crippen molar-refractivity contribution in [1.29, 1.82) is 0 Å². The fraction of sp³-hybridized carbons (Fsp3) is 0.273. The highest BCUT2D eigenvalue weighted by molar-refractivity contribution is 7.14. The van der Waals surface area contributed by atoms with Crippen LogP contribution in [0.15, 0.2) is 60.7 Å². The lowest BCUT2D eigenvalue weighted by atomic mass is 10.0. The van der Waals surface area contributed by atoms with E-state index in [1.807, 2.05) is 30.3 Å². The second-order valence-electron chi connectivity index (χ2n) is 7.80. The Morgan fingerprint density at radius 3 is 2.19 bits per heavy atom. The molecule has 1 aliphatic carbocycles. The third-order valence-corrected chi connectivity index (χ3v) is 6.72. The molecule has 1 unspecified atom stereocenters. The van der Waals surface area contributed by atoms with E-state index in [1.54, 1.807) is 6.07 Å². The summed E-state index contributed by atoms with van der Waals surface area (Å²) in [6.07, 6.45) is -4.14. The third kappa shape index (κ3) is 3.35. The van der Waals surface area contributed by atoms with Crippen molar-refractivity contribution in [3.8, 4) is 10.6 Å². The molecule has 1 atom stereocenters. The molecule has 2 aliphatic rings. The maximum Gasteiger partial charge on any atom is 0.413 e. The molecule has 1 spiro atoms. The number of imide groups is 1. The summed E-state index contributed by atoms with van der Waals surface area (Å²) < 4.78 is 42.1. The van der Waals surface area contributed by atoms with Gasteiger partial charge in [-0.3, -0.25) is 4.79 Å². The number of halogens is 3. The highest BCUT2D eigenvalue weighted by Gasteiger charge is 2.68. The highest BCUT2D eigenvalue weighted by Crippen LogP contribution is 2.52. The Balaban J connectivity index is 1.46. The average Bonchev–Trinajstić information content (AvgIpc) is 3.41. The molecular formula is C22H17F3N4O2S. The van der Waals surface area contributed by atoms with E-state index in [1.165, 1.54) is 40.5 Å². The van der Waals surface area contributed by atoms with Crippen LogP contribution in [0.5, 0.6) is 0 Å². The average molecular weight is 458 g/mol. The normalized spacial score (nSPS) is 18.5. The predicted molar refractivity (Wildman–Crippen MR) is 110 cm³/mol. The molecule has 2 aromatic carbocycles. The molecular weight excluding hydrogens is 441 g/mol. The van der Waals surface area contributed by atoms with Crippen molar-refractivity contribution in [3.05, 3.63) is 71.2 Å². The summed E-state index contributed by atoms with van der Waals surface area (Å²) >= 11 is 1.25. The van der Waals surface area contributed by atoms with Gasteiger partial charge in [0.25, 0.3) is 5.91 Å². The Bertz CT molecular complexity index is 1160. The van der Waals surface area contributed by atoms with Crippen molar-refractivity contribution in [2.45, 2.75) is 37.1 Å². The van der Waals surface area contributed by atoms with E-state index in [-0.39, 0.29) is 12.1 Å². The Kier molecular flexibility index (Phi) is 4.77. The van der Waals surface area contributed by atoms with Crippen LogP contribution >= 0.6 is 11.3 Å². The van der Waals surface area contributed by atoms with Crippen molar-refractivity contribution in [1.82, 2.24) is 20.0 Å². The topological polar surface area (TPSA) is 66.4 Å². The molecule has 3 aromatic rings. The van der Waals surface area contributed by atoms with E-state index in [4.69, 9.17) is 0 Å². The number of urea groups is 1. The Labute approximate surface area is 185 Å². The summed E-state index contributed by atoms with van der Waals surface area (Å²) in [5.41, 5.74) is -0.529. The minimum Gasteiger partial charge on any atom is -0.303 e. The molecule has 1 aromatic heterocycles. The molecule has 0 radical (unpaired) electrons. The fourth-order valence-corrected chi connectivity index (χ4v) is 4.89. The molecule has 164 valence electrons. The maximum absolute atomic E-state index is 14.0. The minimum atomic E-state index is -4.80. The number of amides is 3. The van der Waals surface area contributed by atoms with Gasteiger partial charge < -0.3 is 4.90 Å². The second-order valence-corrected chi connectivity index (χ2v) is 8.86. The third-order valence-electron chi connectivity index (χ3n) is 5.76. The van der Waals surface area contributed by atoms with Gasteiger partial charge >= 0.3 is 12.2 Å². The van der Waals surface area contributed by atoms with E-state index in [2.05, 4.69) is 10.2 Å². The van der Waals surface area contributed by atoms with Gasteiger partial charge in [0.1, 0.15) is 15.6 Å². The van der Waals surface area contributed by atoms with Crippen LogP contribution in [-0.2, 0) is 11.3 Å². The lowest BCUT2D eigenvalue weighted by Crippen LogP contribution is -2.43. The summed E-state index contributed by atoms with van der Waals surface area (Å²) in [5, 5.41) is 9.34. The van der Waals surface area contributed by atoms with Crippen LogP contribution in [0.4, 0.5) is 18.0 Å². The molecule has 5 rings (SSSR count). The first-order chi connectivity index (χ1) is 15.3. The first kappa shape index (κ1) is 20.6. The zero-order chi connectivity index (χ0) is 22.5. The van der Waals surface area contributed by atoms with Crippen LogP contribution in [-0.4, -0.2) is 43.7 Å².